The lowest BCUT2D eigenvalue weighted by molar-refractivity contribution is 0.102. The summed E-state index contributed by atoms with van der Waals surface area (Å²) >= 11 is 3.86. The van der Waals surface area contributed by atoms with Crippen LogP contribution in [0, 0.1) is 0 Å². The van der Waals surface area contributed by atoms with Crippen LogP contribution in [0.2, 0.25) is 0 Å². The van der Waals surface area contributed by atoms with Crippen molar-refractivity contribution >= 4 is 26.7 Å². The summed E-state index contributed by atoms with van der Waals surface area (Å²) in [5, 5.41) is 2.45. The zero-order chi connectivity index (χ0) is 14.7. The van der Waals surface area contributed by atoms with Gasteiger partial charge in [0.15, 0.2) is 0 Å². The average Bonchev–Trinajstić information content (AvgIpc) is 3.05. The lowest BCUT2D eigenvalue weighted by atomic mass is 9.98. The fourth-order valence-electron chi connectivity index (χ4n) is 3.11. The minimum Gasteiger partial charge on any atom is -0.496 e. The van der Waals surface area contributed by atoms with Crippen molar-refractivity contribution in [3.05, 3.63) is 42.0 Å². The molecule has 1 fully saturated rings. The number of halogens is 1. The standard InChI is InChI=1S/C18H21BrO2/c1-20-18-11-9-15(14-6-2-3-7-16(14)18)17(19)10-8-13-5-4-12-21-13/h2-3,6-7,9,11,13,17H,4-5,8,10,12H2,1H3. The third-order valence-corrected chi connectivity index (χ3v) is 5.19. The van der Waals surface area contributed by atoms with Crippen LogP contribution in [-0.2, 0) is 4.74 Å². The van der Waals surface area contributed by atoms with Crippen LogP contribution in [0.4, 0.5) is 0 Å². The van der Waals surface area contributed by atoms with Gasteiger partial charge in [-0.3, -0.25) is 0 Å². The highest BCUT2D eigenvalue weighted by molar-refractivity contribution is 9.09. The number of benzene rings is 2. The van der Waals surface area contributed by atoms with Crippen molar-refractivity contribution in [2.45, 2.75) is 36.6 Å². The zero-order valence-corrected chi connectivity index (χ0v) is 13.9. The van der Waals surface area contributed by atoms with Crippen LogP contribution in [0.15, 0.2) is 36.4 Å². The van der Waals surface area contributed by atoms with Crippen LogP contribution < -0.4 is 4.74 Å². The van der Waals surface area contributed by atoms with E-state index < -0.39 is 0 Å². The van der Waals surface area contributed by atoms with Gasteiger partial charge in [0.05, 0.1) is 13.2 Å². The summed E-state index contributed by atoms with van der Waals surface area (Å²) in [7, 11) is 1.73. The second-order valence-electron chi connectivity index (χ2n) is 5.58. The molecule has 3 heteroatoms. The van der Waals surface area contributed by atoms with E-state index >= 15 is 0 Å². The molecule has 2 atom stereocenters. The lowest BCUT2D eigenvalue weighted by Gasteiger charge is -2.17. The second-order valence-corrected chi connectivity index (χ2v) is 6.69. The highest BCUT2D eigenvalue weighted by atomic mass is 79.9. The molecule has 2 aromatic carbocycles. The Morgan fingerprint density at radius 3 is 2.76 bits per heavy atom. The second kappa shape index (κ2) is 6.80. The maximum atomic E-state index is 5.72. The number of ether oxygens (including phenoxy) is 2. The first-order valence-corrected chi connectivity index (χ1v) is 8.52. The summed E-state index contributed by atoms with van der Waals surface area (Å²) in [6.07, 6.45) is 5.10. The predicted octanol–water partition coefficient (Wildman–Crippen LogP) is 5.24. The van der Waals surface area contributed by atoms with E-state index in [9.17, 15) is 0 Å². The first-order valence-electron chi connectivity index (χ1n) is 7.61. The molecule has 0 aromatic heterocycles. The Balaban J connectivity index is 1.82. The van der Waals surface area contributed by atoms with E-state index in [0.29, 0.717) is 10.9 Å². The molecule has 0 N–H and O–H groups in total. The molecule has 112 valence electrons. The first-order chi connectivity index (χ1) is 10.3. The Bertz CT molecular complexity index is 605. The number of methoxy groups -OCH3 is 1. The van der Waals surface area contributed by atoms with Crippen LogP contribution in [0.5, 0.6) is 5.75 Å². The fourth-order valence-corrected chi connectivity index (χ4v) is 3.77. The molecule has 2 aromatic rings. The molecule has 0 amide bonds. The number of rotatable bonds is 5. The zero-order valence-electron chi connectivity index (χ0n) is 12.3. The van der Waals surface area contributed by atoms with Crippen LogP contribution in [0.3, 0.4) is 0 Å². The molecule has 1 heterocycles. The first kappa shape index (κ1) is 14.9. The Labute approximate surface area is 134 Å². The molecule has 0 saturated carbocycles. The summed E-state index contributed by atoms with van der Waals surface area (Å²) in [5.74, 6) is 0.938. The van der Waals surface area contributed by atoms with Gasteiger partial charge in [-0.05, 0) is 42.7 Å². The van der Waals surface area contributed by atoms with E-state index in [-0.39, 0.29) is 0 Å². The number of hydrogen-bond donors (Lipinski definition) is 0. The monoisotopic (exact) mass is 348 g/mol. The van der Waals surface area contributed by atoms with E-state index in [4.69, 9.17) is 9.47 Å². The minimum atomic E-state index is 0.359. The molecule has 0 radical (unpaired) electrons. The normalized spacial score (nSPS) is 19.8. The van der Waals surface area contributed by atoms with Gasteiger partial charge in [0, 0.05) is 16.8 Å². The molecule has 2 nitrogen and oxygen atoms in total. The Hall–Kier alpha value is -1.06. The van der Waals surface area contributed by atoms with E-state index in [1.165, 1.54) is 29.2 Å². The molecular formula is C18H21BrO2. The third-order valence-electron chi connectivity index (χ3n) is 4.24. The highest BCUT2D eigenvalue weighted by Crippen LogP contribution is 2.37. The molecule has 0 spiro atoms. The highest BCUT2D eigenvalue weighted by Gasteiger charge is 2.19. The van der Waals surface area contributed by atoms with E-state index in [2.05, 4.69) is 52.3 Å². The van der Waals surface area contributed by atoms with Crippen molar-refractivity contribution in [3.8, 4) is 5.75 Å². The van der Waals surface area contributed by atoms with Gasteiger partial charge in [-0.2, -0.15) is 0 Å². The summed E-state index contributed by atoms with van der Waals surface area (Å²) in [6, 6.07) is 12.7. The van der Waals surface area contributed by atoms with Crippen LogP contribution in [0.1, 0.15) is 36.1 Å². The predicted molar refractivity (Wildman–Crippen MR) is 90.4 cm³/mol. The molecule has 1 saturated heterocycles. The SMILES string of the molecule is COc1ccc(C(Br)CCC2CCCO2)c2ccccc12. The van der Waals surface area contributed by atoms with Gasteiger partial charge in [0.2, 0.25) is 0 Å². The third kappa shape index (κ3) is 3.24. The molecule has 21 heavy (non-hydrogen) atoms. The topological polar surface area (TPSA) is 18.5 Å². The maximum Gasteiger partial charge on any atom is 0.126 e. The molecule has 1 aliphatic rings. The molecule has 0 aliphatic carbocycles. The number of alkyl halides is 1. The number of fused-ring (bicyclic) bond motifs is 1. The largest absolute Gasteiger partial charge is 0.496 e. The molecule has 2 unspecified atom stereocenters. The molecule has 1 aliphatic heterocycles. The van der Waals surface area contributed by atoms with E-state index in [1.54, 1.807) is 7.11 Å². The Morgan fingerprint density at radius 1 is 1.24 bits per heavy atom. The van der Waals surface area contributed by atoms with Crippen molar-refractivity contribution < 1.29 is 9.47 Å². The summed E-state index contributed by atoms with van der Waals surface area (Å²) in [5.41, 5.74) is 1.34. The van der Waals surface area contributed by atoms with E-state index in [1.807, 2.05) is 0 Å². The summed E-state index contributed by atoms with van der Waals surface area (Å²) < 4.78 is 11.2. The van der Waals surface area contributed by atoms with Gasteiger partial charge < -0.3 is 9.47 Å². The lowest BCUT2D eigenvalue weighted by Crippen LogP contribution is -2.06. The fraction of sp³-hybridized carbons (Fsp3) is 0.444. The minimum absolute atomic E-state index is 0.359. The Kier molecular flexibility index (Phi) is 4.81. The average molecular weight is 349 g/mol. The van der Waals surface area contributed by atoms with Gasteiger partial charge in [0.25, 0.3) is 0 Å². The van der Waals surface area contributed by atoms with Gasteiger partial charge in [0.1, 0.15) is 5.75 Å². The maximum absolute atomic E-state index is 5.72. The van der Waals surface area contributed by atoms with Crippen molar-refractivity contribution in [2.75, 3.05) is 13.7 Å². The van der Waals surface area contributed by atoms with Crippen molar-refractivity contribution in [1.29, 1.82) is 0 Å². The van der Waals surface area contributed by atoms with Crippen molar-refractivity contribution in [2.24, 2.45) is 0 Å². The summed E-state index contributed by atoms with van der Waals surface area (Å²) in [4.78, 5) is 0.359. The van der Waals surface area contributed by atoms with Crippen molar-refractivity contribution in [1.82, 2.24) is 0 Å². The summed E-state index contributed by atoms with van der Waals surface area (Å²) in [6.45, 7) is 0.934. The molecular weight excluding hydrogens is 328 g/mol. The van der Waals surface area contributed by atoms with E-state index in [0.717, 1.165) is 25.2 Å². The van der Waals surface area contributed by atoms with Crippen LogP contribution in [0.25, 0.3) is 10.8 Å². The molecule has 0 bridgehead atoms. The van der Waals surface area contributed by atoms with Gasteiger partial charge in [-0.25, -0.2) is 0 Å². The molecule has 3 rings (SSSR count). The van der Waals surface area contributed by atoms with Crippen LogP contribution in [-0.4, -0.2) is 19.8 Å². The van der Waals surface area contributed by atoms with Gasteiger partial charge in [-0.1, -0.05) is 46.3 Å². The van der Waals surface area contributed by atoms with Crippen molar-refractivity contribution in [3.63, 3.8) is 0 Å². The quantitative estimate of drug-likeness (QED) is 0.687. The Morgan fingerprint density at radius 2 is 2.05 bits per heavy atom. The van der Waals surface area contributed by atoms with Gasteiger partial charge >= 0.3 is 0 Å². The van der Waals surface area contributed by atoms with Gasteiger partial charge in [-0.15, -0.1) is 0 Å². The smallest absolute Gasteiger partial charge is 0.126 e. The number of hydrogen-bond acceptors (Lipinski definition) is 2. The van der Waals surface area contributed by atoms with Crippen LogP contribution >= 0.6 is 15.9 Å².